The van der Waals surface area contributed by atoms with E-state index in [1.807, 2.05) is 6.92 Å². The van der Waals surface area contributed by atoms with Gasteiger partial charge in [0.1, 0.15) is 10.8 Å². The van der Waals surface area contributed by atoms with Crippen LogP contribution in [0.25, 0.3) is 0 Å². The molecule has 1 amide bonds. The largest absolute Gasteiger partial charge is 0.377 e. The first-order chi connectivity index (χ1) is 8.70. The van der Waals surface area contributed by atoms with Gasteiger partial charge < -0.3 is 9.64 Å². The highest BCUT2D eigenvalue weighted by atomic mass is 35.5. The minimum Gasteiger partial charge on any atom is -0.377 e. The van der Waals surface area contributed by atoms with Crippen LogP contribution in [0.4, 0.5) is 0 Å². The molecule has 0 aliphatic carbocycles. The van der Waals surface area contributed by atoms with E-state index in [1.54, 1.807) is 23.1 Å². The number of pyridine rings is 1. The number of amides is 1. The smallest absolute Gasteiger partial charge is 0.272 e. The van der Waals surface area contributed by atoms with Crippen molar-refractivity contribution < 1.29 is 9.53 Å². The van der Waals surface area contributed by atoms with E-state index in [-0.39, 0.29) is 12.0 Å². The molecule has 1 fully saturated rings. The lowest BCUT2D eigenvalue weighted by Crippen LogP contribution is -2.43. The SMILES string of the molecule is CCOC1CCCN(C(=O)c2cccc(Cl)n2)C1. The third kappa shape index (κ3) is 3.21. The number of aromatic nitrogens is 1. The molecular weight excluding hydrogens is 252 g/mol. The molecule has 1 aromatic rings. The number of likely N-dealkylation sites (tertiary alicyclic amines) is 1. The van der Waals surface area contributed by atoms with Gasteiger partial charge in [-0.2, -0.15) is 0 Å². The Morgan fingerprint density at radius 2 is 2.44 bits per heavy atom. The summed E-state index contributed by atoms with van der Waals surface area (Å²) in [4.78, 5) is 18.1. The van der Waals surface area contributed by atoms with E-state index in [4.69, 9.17) is 16.3 Å². The number of ether oxygens (including phenoxy) is 1. The molecule has 4 nitrogen and oxygen atoms in total. The average molecular weight is 269 g/mol. The standard InChI is InChI=1S/C13H17ClN2O2/c1-2-18-10-5-4-8-16(9-10)13(17)11-6-3-7-12(14)15-11/h3,6-7,10H,2,4-5,8-9H2,1H3. The van der Waals surface area contributed by atoms with Crippen LogP contribution in [0.2, 0.25) is 5.15 Å². The Hall–Kier alpha value is -1.13. The predicted octanol–water partition coefficient (Wildman–Crippen LogP) is 2.38. The lowest BCUT2D eigenvalue weighted by molar-refractivity contribution is 0.00703. The van der Waals surface area contributed by atoms with Gasteiger partial charge in [0, 0.05) is 19.7 Å². The zero-order valence-electron chi connectivity index (χ0n) is 10.4. The van der Waals surface area contributed by atoms with E-state index < -0.39 is 0 Å². The van der Waals surface area contributed by atoms with Crippen molar-refractivity contribution >= 4 is 17.5 Å². The average Bonchev–Trinajstić information content (AvgIpc) is 2.39. The highest BCUT2D eigenvalue weighted by molar-refractivity contribution is 6.29. The van der Waals surface area contributed by atoms with Crippen molar-refractivity contribution in [2.75, 3.05) is 19.7 Å². The summed E-state index contributed by atoms with van der Waals surface area (Å²) in [6.45, 7) is 4.05. The van der Waals surface area contributed by atoms with Crippen molar-refractivity contribution in [1.82, 2.24) is 9.88 Å². The van der Waals surface area contributed by atoms with Gasteiger partial charge in [-0.15, -0.1) is 0 Å². The fourth-order valence-corrected chi connectivity index (χ4v) is 2.35. The second kappa shape index (κ2) is 6.16. The van der Waals surface area contributed by atoms with Gasteiger partial charge in [-0.1, -0.05) is 17.7 Å². The van der Waals surface area contributed by atoms with Gasteiger partial charge >= 0.3 is 0 Å². The molecule has 2 rings (SSSR count). The number of carbonyl (C=O) groups is 1. The van der Waals surface area contributed by atoms with Crippen molar-refractivity contribution in [2.45, 2.75) is 25.9 Å². The van der Waals surface area contributed by atoms with Gasteiger partial charge in [0.15, 0.2) is 0 Å². The van der Waals surface area contributed by atoms with Crippen LogP contribution in [0.3, 0.4) is 0 Å². The molecule has 18 heavy (non-hydrogen) atoms. The number of halogens is 1. The topological polar surface area (TPSA) is 42.4 Å². The number of rotatable bonds is 3. The molecule has 2 heterocycles. The normalized spacial score (nSPS) is 19.9. The molecule has 0 spiro atoms. The summed E-state index contributed by atoms with van der Waals surface area (Å²) in [6, 6.07) is 5.10. The summed E-state index contributed by atoms with van der Waals surface area (Å²) in [7, 11) is 0. The summed E-state index contributed by atoms with van der Waals surface area (Å²) >= 11 is 5.80. The number of carbonyl (C=O) groups excluding carboxylic acids is 1. The van der Waals surface area contributed by atoms with E-state index in [0.29, 0.717) is 24.0 Å². The second-order valence-electron chi connectivity index (χ2n) is 4.32. The number of nitrogens with zero attached hydrogens (tertiary/aromatic N) is 2. The molecule has 1 atom stereocenters. The molecule has 1 saturated heterocycles. The van der Waals surface area contributed by atoms with E-state index in [2.05, 4.69) is 4.98 Å². The van der Waals surface area contributed by atoms with Crippen LogP contribution in [0.1, 0.15) is 30.3 Å². The first kappa shape index (κ1) is 13.3. The third-order valence-corrected chi connectivity index (χ3v) is 3.21. The molecule has 0 saturated carbocycles. The van der Waals surface area contributed by atoms with Gasteiger partial charge in [-0.05, 0) is 31.9 Å². The molecule has 0 aromatic carbocycles. The maximum atomic E-state index is 12.3. The Morgan fingerprint density at radius 3 is 3.17 bits per heavy atom. The molecular formula is C13H17ClN2O2. The molecule has 98 valence electrons. The summed E-state index contributed by atoms with van der Waals surface area (Å²) in [6.07, 6.45) is 2.13. The van der Waals surface area contributed by atoms with Crippen LogP contribution in [0.5, 0.6) is 0 Å². The van der Waals surface area contributed by atoms with Crippen molar-refractivity contribution in [2.24, 2.45) is 0 Å². The molecule has 1 aromatic heterocycles. The maximum Gasteiger partial charge on any atom is 0.272 e. The highest BCUT2D eigenvalue weighted by Gasteiger charge is 2.25. The Morgan fingerprint density at radius 1 is 1.61 bits per heavy atom. The first-order valence-electron chi connectivity index (χ1n) is 6.24. The Labute approximate surface area is 112 Å². The van der Waals surface area contributed by atoms with Crippen LogP contribution < -0.4 is 0 Å². The maximum absolute atomic E-state index is 12.3. The van der Waals surface area contributed by atoms with Crippen LogP contribution in [0.15, 0.2) is 18.2 Å². The summed E-state index contributed by atoms with van der Waals surface area (Å²) in [5.74, 6) is -0.0677. The van der Waals surface area contributed by atoms with Gasteiger partial charge in [0.25, 0.3) is 5.91 Å². The molecule has 5 heteroatoms. The van der Waals surface area contributed by atoms with E-state index >= 15 is 0 Å². The fraction of sp³-hybridized carbons (Fsp3) is 0.538. The summed E-state index contributed by atoms with van der Waals surface area (Å²) in [5.41, 5.74) is 0.402. The minimum atomic E-state index is -0.0677. The number of hydrogen-bond acceptors (Lipinski definition) is 3. The van der Waals surface area contributed by atoms with Crippen molar-refractivity contribution in [3.05, 3.63) is 29.0 Å². The second-order valence-corrected chi connectivity index (χ2v) is 4.70. The Kier molecular flexibility index (Phi) is 4.55. The van der Waals surface area contributed by atoms with Crippen LogP contribution in [-0.4, -0.2) is 41.6 Å². The van der Waals surface area contributed by atoms with E-state index in [1.165, 1.54) is 0 Å². The third-order valence-electron chi connectivity index (χ3n) is 3.00. The molecule has 1 aliphatic rings. The van der Waals surface area contributed by atoms with Gasteiger partial charge in [0.2, 0.25) is 0 Å². The van der Waals surface area contributed by atoms with Crippen molar-refractivity contribution in [3.63, 3.8) is 0 Å². The molecule has 1 unspecified atom stereocenters. The molecule has 1 aliphatic heterocycles. The summed E-state index contributed by atoms with van der Waals surface area (Å²) < 4.78 is 5.58. The van der Waals surface area contributed by atoms with Crippen LogP contribution in [0, 0.1) is 0 Å². The van der Waals surface area contributed by atoms with Gasteiger partial charge in [-0.3, -0.25) is 4.79 Å². The van der Waals surface area contributed by atoms with Crippen LogP contribution >= 0.6 is 11.6 Å². The van der Waals surface area contributed by atoms with Crippen LogP contribution in [-0.2, 0) is 4.74 Å². The number of piperidine rings is 1. The minimum absolute atomic E-state index is 0.0677. The Bertz CT molecular complexity index is 423. The van der Waals surface area contributed by atoms with Crippen molar-refractivity contribution in [1.29, 1.82) is 0 Å². The first-order valence-corrected chi connectivity index (χ1v) is 6.62. The monoisotopic (exact) mass is 268 g/mol. The lowest BCUT2D eigenvalue weighted by Gasteiger charge is -2.32. The van der Waals surface area contributed by atoms with E-state index in [9.17, 15) is 4.79 Å². The highest BCUT2D eigenvalue weighted by Crippen LogP contribution is 2.16. The molecule has 0 radical (unpaired) electrons. The number of hydrogen-bond donors (Lipinski definition) is 0. The zero-order valence-corrected chi connectivity index (χ0v) is 11.2. The predicted molar refractivity (Wildman–Crippen MR) is 69.8 cm³/mol. The quantitative estimate of drug-likeness (QED) is 0.791. The van der Waals surface area contributed by atoms with Gasteiger partial charge in [-0.25, -0.2) is 4.98 Å². The lowest BCUT2D eigenvalue weighted by atomic mass is 10.1. The summed E-state index contributed by atoms with van der Waals surface area (Å²) in [5, 5.41) is 0.346. The zero-order chi connectivity index (χ0) is 13.0. The molecule has 0 bridgehead atoms. The van der Waals surface area contributed by atoms with E-state index in [0.717, 1.165) is 19.4 Å². The van der Waals surface area contributed by atoms with Crippen molar-refractivity contribution in [3.8, 4) is 0 Å². The van der Waals surface area contributed by atoms with Gasteiger partial charge in [0.05, 0.1) is 6.10 Å². The molecule has 0 N–H and O–H groups in total. The fourth-order valence-electron chi connectivity index (χ4n) is 2.18. The Balaban J connectivity index is 2.04.